The van der Waals surface area contributed by atoms with Crippen molar-refractivity contribution in [2.24, 2.45) is 5.92 Å². The minimum atomic E-state index is -1.31. The van der Waals surface area contributed by atoms with E-state index in [1.165, 1.54) is 34.5 Å². The number of rotatable bonds is 13. The number of nitrogens with one attached hydrogen (secondary N) is 2. The fourth-order valence-electron chi connectivity index (χ4n) is 7.34. The standard InChI is InChI=1S/C49H55N3O14/c1-24(2)39(50-46(56)65-48(5,6)7)43(53)62-30-16-15-27(20-32(30)58-11)37-38-29-22-35(61-14)36(64-44(54)40(25(3)4)51-47(57)66-49(8,9)10)23-31(29)63-45(55)42(38)52-18-17-26-19-33(59-12)34(60-13)21-28(26)41(37)52/h15-24,39-40H,3H2,1-2,4-14H3,(H,50,56)(H,51,57)/t39-,40-/m1/s1. The molecule has 0 saturated carbocycles. The Morgan fingerprint density at radius 3 is 1.79 bits per heavy atom. The third-order valence-corrected chi connectivity index (χ3v) is 10.2. The molecular weight excluding hydrogens is 855 g/mol. The Balaban J connectivity index is 1.56. The number of pyridine rings is 1. The van der Waals surface area contributed by atoms with Gasteiger partial charge in [-0.1, -0.05) is 26.5 Å². The van der Waals surface area contributed by atoms with Gasteiger partial charge in [0.1, 0.15) is 28.3 Å². The highest BCUT2D eigenvalue weighted by atomic mass is 16.6. The lowest BCUT2D eigenvalue weighted by atomic mass is 9.97. The molecule has 6 rings (SSSR count). The van der Waals surface area contributed by atoms with Gasteiger partial charge in [-0.2, -0.15) is 0 Å². The lowest BCUT2D eigenvalue weighted by Gasteiger charge is -2.24. The van der Waals surface area contributed by atoms with Crippen molar-refractivity contribution in [3.63, 3.8) is 0 Å². The predicted octanol–water partition coefficient (Wildman–Crippen LogP) is 8.88. The van der Waals surface area contributed by atoms with Crippen LogP contribution in [0.4, 0.5) is 9.59 Å². The first kappa shape index (κ1) is 48.0. The second-order valence-corrected chi connectivity index (χ2v) is 17.8. The summed E-state index contributed by atoms with van der Waals surface area (Å²) in [6.07, 6.45) is 0.0956. The summed E-state index contributed by atoms with van der Waals surface area (Å²) in [4.78, 5) is 67.0. The average Bonchev–Trinajstić information content (AvgIpc) is 3.59. The van der Waals surface area contributed by atoms with Gasteiger partial charge in [0, 0.05) is 34.0 Å². The van der Waals surface area contributed by atoms with Crippen LogP contribution in [0.25, 0.3) is 49.3 Å². The average molecular weight is 910 g/mol. The molecule has 0 unspecified atom stereocenters. The molecule has 2 atom stereocenters. The summed E-state index contributed by atoms with van der Waals surface area (Å²) in [5.74, 6) is -0.958. The van der Waals surface area contributed by atoms with Crippen molar-refractivity contribution in [3.8, 4) is 45.6 Å². The molecule has 0 aliphatic carbocycles. The summed E-state index contributed by atoms with van der Waals surface area (Å²) >= 11 is 0. The Bertz CT molecular complexity index is 2970. The van der Waals surface area contributed by atoms with Gasteiger partial charge < -0.3 is 57.3 Å². The van der Waals surface area contributed by atoms with E-state index in [1.54, 1.807) is 103 Å². The zero-order valence-electron chi connectivity index (χ0n) is 39.3. The van der Waals surface area contributed by atoms with Gasteiger partial charge in [-0.05, 0) is 107 Å². The van der Waals surface area contributed by atoms with Crippen LogP contribution in [0.5, 0.6) is 34.5 Å². The largest absolute Gasteiger partial charge is 0.493 e. The number of benzene rings is 3. The molecule has 17 heteroatoms. The van der Waals surface area contributed by atoms with E-state index in [4.69, 9.17) is 42.3 Å². The summed E-state index contributed by atoms with van der Waals surface area (Å²) in [6.45, 7) is 19.1. The molecule has 0 bridgehead atoms. The van der Waals surface area contributed by atoms with Gasteiger partial charge in [0.05, 0.1) is 34.0 Å². The number of aromatic nitrogens is 1. The number of methoxy groups -OCH3 is 4. The molecule has 17 nitrogen and oxygen atoms in total. The lowest BCUT2D eigenvalue weighted by Crippen LogP contribution is -2.48. The first-order valence-electron chi connectivity index (χ1n) is 20.9. The molecule has 0 aliphatic rings. The monoisotopic (exact) mass is 909 g/mol. The van der Waals surface area contributed by atoms with E-state index >= 15 is 0 Å². The molecular formula is C49H55N3O14. The fourth-order valence-corrected chi connectivity index (χ4v) is 7.34. The maximum absolute atomic E-state index is 14.3. The first-order valence-corrected chi connectivity index (χ1v) is 20.9. The molecule has 0 fully saturated rings. The van der Waals surface area contributed by atoms with E-state index in [2.05, 4.69) is 17.2 Å². The van der Waals surface area contributed by atoms with E-state index in [0.29, 0.717) is 44.3 Å². The third kappa shape index (κ3) is 9.94. The summed E-state index contributed by atoms with van der Waals surface area (Å²) in [5.41, 5.74) is -0.323. The Morgan fingerprint density at radius 2 is 1.21 bits per heavy atom. The highest BCUT2D eigenvalue weighted by molar-refractivity contribution is 6.22. The summed E-state index contributed by atoms with van der Waals surface area (Å²) in [7, 11) is 5.84. The Kier molecular flexibility index (Phi) is 13.5. The number of hydrogen-bond acceptors (Lipinski definition) is 14. The van der Waals surface area contributed by atoms with Gasteiger partial charge in [0.15, 0.2) is 40.5 Å². The number of ether oxygens (including phenoxy) is 8. The molecule has 0 spiro atoms. The van der Waals surface area contributed by atoms with Crippen molar-refractivity contribution in [3.05, 3.63) is 77.3 Å². The van der Waals surface area contributed by atoms with E-state index in [0.717, 1.165) is 5.39 Å². The quantitative estimate of drug-likeness (QED) is 0.0482. The molecule has 2 amide bonds. The Morgan fingerprint density at radius 1 is 0.667 bits per heavy atom. The molecule has 6 aromatic rings. The second-order valence-electron chi connectivity index (χ2n) is 17.8. The van der Waals surface area contributed by atoms with Crippen LogP contribution in [0.2, 0.25) is 0 Å². The zero-order valence-corrected chi connectivity index (χ0v) is 39.3. The summed E-state index contributed by atoms with van der Waals surface area (Å²) < 4.78 is 53.0. The van der Waals surface area contributed by atoms with Gasteiger partial charge in [0.25, 0.3) is 0 Å². The topological polar surface area (TPSA) is 201 Å². The number of carbonyl (C=O) groups is 4. The smallest absolute Gasteiger partial charge is 0.408 e. The number of carbonyl (C=O) groups excluding carboxylic acids is 4. The number of nitrogens with zero attached hydrogens (tertiary/aromatic N) is 1. The SMILES string of the molecule is C=C(C)[C@@H](NC(=O)OC(C)(C)C)C(=O)Oc1cc2oc(=O)c3c(c(-c4ccc(OC(=O)[C@H](NC(=O)OC(C)(C)C)C(C)C)c(OC)c4)c4c5cc(OC)c(OC)cc5ccn43)c2cc1OC. The van der Waals surface area contributed by atoms with Crippen molar-refractivity contribution < 1.29 is 61.5 Å². The minimum absolute atomic E-state index is 0.0264. The molecule has 66 heavy (non-hydrogen) atoms. The highest BCUT2D eigenvalue weighted by Crippen LogP contribution is 2.46. The normalized spacial score (nSPS) is 12.7. The van der Waals surface area contributed by atoms with Crippen molar-refractivity contribution in [2.45, 2.75) is 85.6 Å². The number of fused-ring (bicyclic) bond motifs is 7. The van der Waals surface area contributed by atoms with Crippen LogP contribution in [0.3, 0.4) is 0 Å². The van der Waals surface area contributed by atoms with Crippen molar-refractivity contribution in [2.75, 3.05) is 28.4 Å². The number of alkyl carbamates (subject to hydrolysis) is 2. The van der Waals surface area contributed by atoms with E-state index < -0.39 is 53.0 Å². The molecule has 2 N–H and O–H groups in total. The van der Waals surface area contributed by atoms with E-state index in [1.807, 2.05) is 12.1 Å². The van der Waals surface area contributed by atoms with Crippen LogP contribution in [-0.4, -0.2) is 80.3 Å². The summed E-state index contributed by atoms with van der Waals surface area (Å²) in [6, 6.07) is 10.9. The number of esters is 2. The lowest BCUT2D eigenvalue weighted by molar-refractivity contribution is -0.138. The minimum Gasteiger partial charge on any atom is -0.493 e. The zero-order chi connectivity index (χ0) is 48.6. The molecule has 3 aromatic heterocycles. The van der Waals surface area contributed by atoms with Gasteiger partial charge in [-0.3, -0.25) is 0 Å². The maximum Gasteiger partial charge on any atom is 0.408 e. The third-order valence-electron chi connectivity index (χ3n) is 10.2. The first-order chi connectivity index (χ1) is 31.0. The van der Waals surface area contributed by atoms with Gasteiger partial charge in [-0.15, -0.1) is 0 Å². The number of amides is 2. The molecule has 3 heterocycles. The molecule has 3 aromatic carbocycles. The predicted molar refractivity (Wildman–Crippen MR) is 247 cm³/mol. The van der Waals surface area contributed by atoms with Crippen LogP contribution >= 0.6 is 0 Å². The Labute approximate surface area is 380 Å². The van der Waals surface area contributed by atoms with Crippen LogP contribution in [0.15, 0.2) is 76.1 Å². The van der Waals surface area contributed by atoms with Crippen LogP contribution in [0.1, 0.15) is 62.3 Å². The number of hydrogen-bond donors (Lipinski definition) is 2. The van der Waals surface area contributed by atoms with Gasteiger partial charge in [-0.25, -0.2) is 24.0 Å². The maximum atomic E-state index is 14.3. The van der Waals surface area contributed by atoms with Crippen LogP contribution in [0, 0.1) is 5.92 Å². The van der Waals surface area contributed by atoms with Crippen LogP contribution < -0.4 is 44.7 Å². The van der Waals surface area contributed by atoms with Gasteiger partial charge >= 0.3 is 29.8 Å². The van der Waals surface area contributed by atoms with E-state index in [9.17, 15) is 24.0 Å². The molecule has 0 aliphatic heterocycles. The van der Waals surface area contributed by atoms with Gasteiger partial charge in [0.2, 0.25) is 0 Å². The molecule has 0 saturated heterocycles. The molecule has 0 radical (unpaired) electrons. The highest BCUT2D eigenvalue weighted by Gasteiger charge is 2.32. The summed E-state index contributed by atoms with van der Waals surface area (Å²) in [5, 5.41) is 7.31. The van der Waals surface area contributed by atoms with Crippen molar-refractivity contribution in [1.29, 1.82) is 0 Å². The van der Waals surface area contributed by atoms with Crippen molar-refractivity contribution >= 4 is 62.3 Å². The second kappa shape index (κ2) is 18.6. The van der Waals surface area contributed by atoms with E-state index in [-0.39, 0.29) is 45.6 Å². The van der Waals surface area contributed by atoms with Crippen molar-refractivity contribution in [1.82, 2.24) is 15.0 Å². The fraction of sp³-hybridized carbons (Fsp3) is 0.367. The molecule has 350 valence electrons. The Hall–Kier alpha value is -7.43. The van der Waals surface area contributed by atoms with Crippen LogP contribution in [-0.2, 0) is 19.1 Å².